The molecule has 34 heavy (non-hydrogen) atoms. The molecule has 0 unspecified atom stereocenters. The van der Waals surface area contributed by atoms with Gasteiger partial charge in [0.15, 0.2) is 22.5 Å². The van der Waals surface area contributed by atoms with Crippen LogP contribution in [0.25, 0.3) is 11.4 Å². The number of nitrogens with zero attached hydrogens (tertiary/aromatic N) is 4. The second-order valence-electron chi connectivity index (χ2n) is 7.81. The Morgan fingerprint density at radius 1 is 1.09 bits per heavy atom. The van der Waals surface area contributed by atoms with E-state index in [1.165, 1.54) is 11.8 Å². The molecule has 0 saturated heterocycles. The lowest BCUT2D eigenvalue weighted by molar-refractivity contribution is -0.119. The highest BCUT2D eigenvalue weighted by Gasteiger charge is 2.19. The number of amides is 1. The summed E-state index contributed by atoms with van der Waals surface area (Å²) in [4.78, 5) is 16.9. The number of fused-ring (bicyclic) bond motifs is 1. The average molecular weight is 474 g/mol. The molecule has 1 atom stereocenters. The Balaban J connectivity index is 1.29. The van der Waals surface area contributed by atoms with E-state index in [4.69, 9.17) is 9.47 Å². The van der Waals surface area contributed by atoms with Gasteiger partial charge in [0.2, 0.25) is 12.7 Å². The molecule has 2 aromatic carbocycles. The van der Waals surface area contributed by atoms with E-state index in [2.05, 4.69) is 32.6 Å². The van der Waals surface area contributed by atoms with Gasteiger partial charge in [-0.2, -0.15) is 0 Å². The number of thioether (sulfide) groups is 1. The van der Waals surface area contributed by atoms with Crippen LogP contribution in [0, 0.1) is 0 Å². The van der Waals surface area contributed by atoms with E-state index in [-0.39, 0.29) is 24.5 Å². The van der Waals surface area contributed by atoms with Gasteiger partial charge in [-0.05, 0) is 42.3 Å². The van der Waals surface area contributed by atoms with Gasteiger partial charge in [0.05, 0.1) is 18.3 Å². The fourth-order valence-electron chi connectivity index (χ4n) is 3.69. The van der Waals surface area contributed by atoms with Crippen LogP contribution < -0.4 is 14.8 Å². The van der Waals surface area contributed by atoms with Gasteiger partial charge in [0.1, 0.15) is 0 Å². The van der Waals surface area contributed by atoms with Gasteiger partial charge in [-0.1, -0.05) is 48.2 Å². The van der Waals surface area contributed by atoms with Crippen molar-refractivity contribution in [2.75, 3.05) is 12.5 Å². The van der Waals surface area contributed by atoms with Crippen LogP contribution >= 0.6 is 11.8 Å². The van der Waals surface area contributed by atoms with E-state index in [1.807, 2.05) is 60.0 Å². The minimum absolute atomic E-state index is 0.0904. The van der Waals surface area contributed by atoms with Crippen molar-refractivity contribution < 1.29 is 14.3 Å². The molecule has 1 N–H and O–H groups in total. The Bertz CT molecular complexity index is 1280. The molecule has 9 heteroatoms. The third-order valence-corrected chi connectivity index (χ3v) is 6.39. The smallest absolute Gasteiger partial charge is 0.231 e. The summed E-state index contributed by atoms with van der Waals surface area (Å²) < 4.78 is 12.8. The zero-order chi connectivity index (χ0) is 23.3. The van der Waals surface area contributed by atoms with Gasteiger partial charge in [0.25, 0.3) is 0 Å². The van der Waals surface area contributed by atoms with E-state index in [9.17, 15) is 4.79 Å². The van der Waals surface area contributed by atoms with E-state index in [1.54, 1.807) is 12.4 Å². The number of benzene rings is 2. The molecule has 1 amide bonds. The minimum Gasteiger partial charge on any atom is -0.454 e. The first-order valence-corrected chi connectivity index (χ1v) is 11.8. The molecule has 0 saturated carbocycles. The van der Waals surface area contributed by atoms with Crippen LogP contribution in [-0.2, 0) is 11.3 Å². The highest BCUT2D eigenvalue weighted by molar-refractivity contribution is 7.99. The van der Waals surface area contributed by atoms with Crippen molar-refractivity contribution in [2.24, 2.45) is 0 Å². The number of rotatable bonds is 8. The molecule has 5 rings (SSSR count). The van der Waals surface area contributed by atoms with Gasteiger partial charge in [-0.15, -0.1) is 10.2 Å². The summed E-state index contributed by atoms with van der Waals surface area (Å²) in [6, 6.07) is 19.4. The maximum Gasteiger partial charge on any atom is 0.231 e. The summed E-state index contributed by atoms with van der Waals surface area (Å²) in [6.45, 7) is 2.76. The first-order chi connectivity index (χ1) is 16.7. The molecule has 8 nitrogen and oxygen atoms in total. The monoisotopic (exact) mass is 473 g/mol. The fourth-order valence-corrected chi connectivity index (χ4v) is 4.44. The Labute approximate surface area is 201 Å². The highest BCUT2D eigenvalue weighted by Crippen LogP contribution is 2.34. The Kier molecular flexibility index (Phi) is 6.44. The lowest BCUT2D eigenvalue weighted by Gasteiger charge is -2.15. The standard InChI is InChI=1S/C25H23N5O3S/c1-17(19-9-10-21-22(12-19)33-16-32-21)27-23(31)15-34-25-29-28-24(20-8-5-11-26-13-20)30(25)14-18-6-3-2-4-7-18/h2-13,17H,14-16H2,1H3,(H,27,31)/t17-/m0/s1. The predicted molar refractivity (Wildman–Crippen MR) is 129 cm³/mol. The molecular formula is C25H23N5O3S. The largest absolute Gasteiger partial charge is 0.454 e. The van der Waals surface area contributed by atoms with Crippen LogP contribution in [0.3, 0.4) is 0 Å². The summed E-state index contributed by atoms with van der Waals surface area (Å²) in [7, 11) is 0. The summed E-state index contributed by atoms with van der Waals surface area (Å²) >= 11 is 1.36. The first-order valence-electron chi connectivity index (χ1n) is 10.9. The average Bonchev–Trinajstić information content (AvgIpc) is 3.50. The number of ether oxygens (including phenoxy) is 2. The number of pyridine rings is 1. The molecule has 0 bridgehead atoms. The SMILES string of the molecule is C[C@H](NC(=O)CSc1nnc(-c2cccnc2)n1Cc1ccccc1)c1ccc2c(c1)OCO2. The molecule has 4 aromatic rings. The van der Waals surface area contributed by atoms with E-state index in [0.717, 1.165) is 22.4 Å². The molecule has 2 aromatic heterocycles. The number of aromatic nitrogens is 4. The molecular weight excluding hydrogens is 450 g/mol. The van der Waals surface area contributed by atoms with Crippen LogP contribution in [0.5, 0.6) is 11.5 Å². The Hall–Kier alpha value is -3.85. The zero-order valence-electron chi connectivity index (χ0n) is 18.5. The van der Waals surface area contributed by atoms with Crippen LogP contribution in [0.1, 0.15) is 24.1 Å². The van der Waals surface area contributed by atoms with Gasteiger partial charge < -0.3 is 14.8 Å². The van der Waals surface area contributed by atoms with Crippen molar-refractivity contribution >= 4 is 17.7 Å². The topological polar surface area (TPSA) is 91.2 Å². The molecule has 0 spiro atoms. The molecule has 0 aliphatic carbocycles. The van der Waals surface area contributed by atoms with Crippen molar-refractivity contribution in [2.45, 2.75) is 24.7 Å². The van der Waals surface area contributed by atoms with E-state index in [0.29, 0.717) is 23.3 Å². The minimum atomic E-state index is -0.171. The number of hydrogen-bond donors (Lipinski definition) is 1. The van der Waals surface area contributed by atoms with Crippen molar-refractivity contribution in [3.8, 4) is 22.9 Å². The Morgan fingerprint density at radius 3 is 2.76 bits per heavy atom. The van der Waals surface area contributed by atoms with E-state index >= 15 is 0 Å². The highest BCUT2D eigenvalue weighted by atomic mass is 32.2. The maximum atomic E-state index is 12.7. The molecule has 1 aliphatic rings. The summed E-state index contributed by atoms with van der Waals surface area (Å²) in [6.07, 6.45) is 3.49. The number of carbonyl (C=O) groups is 1. The number of carbonyl (C=O) groups excluding carboxylic acids is 1. The summed E-state index contributed by atoms with van der Waals surface area (Å²) in [5.74, 6) is 2.26. The predicted octanol–water partition coefficient (Wildman–Crippen LogP) is 4.09. The van der Waals surface area contributed by atoms with Crippen LogP contribution in [0.2, 0.25) is 0 Å². The maximum absolute atomic E-state index is 12.7. The first kappa shape index (κ1) is 22.0. The molecule has 3 heterocycles. The Morgan fingerprint density at radius 2 is 1.94 bits per heavy atom. The molecule has 0 fully saturated rings. The lowest BCUT2D eigenvalue weighted by Crippen LogP contribution is -2.28. The molecule has 172 valence electrons. The van der Waals surface area contributed by atoms with E-state index < -0.39 is 0 Å². The second kappa shape index (κ2) is 9.96. The molecule has 1 aliphatic heterocycles. The van der Waals surface area contributed by atoms with Gasteiger partial charge in [-0.3, -0.25) is 14.3 Å². The second-order valence-corrected chi connectivity index (χ2v) is 8.75. The van der Waals surface area contributed by atoms with Crippen molar-refractivity contribution in [1.82, 2.24) is 25.1 Å². The van der Waals surface area contributed by atoms with Crippen LogP contribution in [0.15, 0.2) is 78.2 Å². The van der Waals surface area contributed by atoms with Gasteiger partial charge >= 0.3 is 0 Å². The van der Waals surface area contributed by atoms with Gasteiger partial charge in [0, 0.05) is 18.0 Å². The van der Waals surface area contributed by atoms with Crippen molar-refractivity contribution in [3.63, 3.8) is 0 Å². The lowest BCUT2D eigenvalue weighted by atomic mass is 10.1. The quantitative estimate of drug-likeness (QED) is 0.386. The summed E-state index contributed by atoms with van der Waals surface area (Å²) in [5.41, 5.74) is 2.95. The normalized spacial score (nSPS) is 13.0. The third-order valence-electron chi connectivity index (χ3n) is 5.43. The number of hydrogen-bond acceptors (Lipinski definition) is 7. The zero-order valence-corrected chi connectivity index (χ0v) is 19.4. The van der Waals surface area contributed by atoms with Crippen LogP contribution in [-0.4, -0.2) is 38.2 Å². The van der Waals surface area contributed by atoms with Gasteiger partial charge in [-0.25, -0.2) is 0 Å². The fraction of sp³-hybridized carbons (Fsp3) is 0.200. The molecule has 0 radical (unpaired) electrons. The number of nitrogens with one attached hydrogen (secondary N) is 1. The van der Waals surface area contributed by atoms with Crippen molar-refractivity contribution in [1.29, 1.82) is 0 Å². The summed E-state index contributed by atoms with van der Waals surface area (Å²) in [5, 5.41) is 12.5. The van der Waals surface area contributed by atoms with Crippen LogP contribution in [0.4, 0.5) is 0 Å². The third kappa shape index (κ3) is 4.89. The van der Waals surface area contributed by atoms with Crippen molar-refractivity contribution in [3.05, 3.63) is 84.2 Å².